The van der Waals surface area contributed by atoms with Crippen LogP contribution in [0.2, 0.25) is 0 Å². The second-order valence-electron chi connectivity index (χ2n) is 14.9. The lowest BCUT2D eigenvalue weighted by molar-refractivity contribution is -0.160. The summed E-state index contributed by atoms with van der Waals surface area (Å²) in [5.41, 5.74) is 4.60. The number of carboxylic acids is 1. The van der Waals surface area contributed by atoms with Crippen LogP contribution in [0.25, 0.3) is 5.57 Å². The van der Waals surface area contributed by atoms with Crippen molar-refractivity contribution < 1.29 is 38.4 Å². The van der Waals surface area contributed by atoms with Crippen LogP contribution in [0.4, 0.5) is 0 Å². The van der Waals surface area contributed by atoms with E-state index in [4.69, 9.17) is 23.7 Å². The fourth-order valence-electron chi connectivity index (χ4n) is 7.06. The molecule has 0 spiro atoms. The number of benzene rings is 2. The number of hydrogen-bond donors (Lipinski definition) is 1. The molecule has 1 saturated heterocycles. The summed E-state index contributed by atoms with van der Waals surface area (Å²) in [4.78, 5) is 29.5. The number of esters is 1. The molecule has 51 heavy (non-hydrogen) atoms. The van der Waals surface area contributed by atoms with Crippen molar-refractivity contribution in [2.45, 2.75) is 85.5 Å². The Hall–Kier alpha value is -3.28. The van der Waals surface area contributed by atoms with E-state index in [1.54, 1.807) is 0 Å². The zero-order valence-corrected chi connectivity index (χ0v) is 31.7. The van der Waals surface area contributed by atoms with Gasteiger partial charge in [-0.15, -0.1) is 0 Å². The van der Waals surface area contributed by atoms with Gasteiger partial charge in [-0.1, -0.05) is 48.0 Å². The largest absolute Gasteiger partial charge is 0.492 e. The van der Waals surface area contributed by atoms with Gasteiger partial charge < -0.3 is 28.8 Å². The number of rotatable bonds is 18. The summed E-state index contributed by atoms with van der Waals surface area (Å²) in [6, 6.07) is 14.0. The lowest BCUT2D eigenvalue weighted by atomic mass is 9.82. The minimum Gasteiger partial charge on any atom is -0.492 e. The molecule has 282 valence electrons. The quantitative estimate of drug-likeness (QED) is 0.0834. The van der Waals surface area contributed by atoms with Gasteiger partial charge in [0.2, 0.25) is 0 Å². The van der Waals surface area contributed by atoms with E-state index < -0.39 is 11.6 Å². The zero-order valence-electron chi connectivity index (χ0n) is 31.7. The van der Waals surface area contributed by atoms with Crippen LogP contribution in [0.5, 0.6) is 0 Å². The van der Waals surface area contributed by atoms with E-state index in [1.165, 1.54) is 0 Å². The standard InChI is InChI=1S/C41H60N2O8/c1-30-26-31(2)37(32(3)27-30)38(40(45)46)39(50-28-33-10-8-7-9-11-33)34-12-14-35(15-13-34)49-23-21-43-18-16-42(17-19-43)20-22-47-24-25-48-29-36(44)51-41(4,5)6/h7-11,26-27,34-35H,12-25,28-29H2,1-6H3,(H,45,46)/b39-38+. The fraction of sp³-hybridized carbons (Fsp3) is 0.610. The molecule has 1 aliphatic carbocycles. The number of aliphatic carboxylic acids is 1. The predicted octanol–water partition coefficient (Wildman–Crippen LogP) is 6.19. The maximum atomic E-state index is 12.9. The van der Waals surface area contributed by atoms with E-state index in [1.807, 2.05) is 71.9 Å². The lowest BCUT2D eigenvalue weighted by Gasteiger charge is -2.35. The highest BCUT2D eigenvalue weighted by molar-refractivity contribution is 6.17. The highest BCUT2D eigenvalue weighted by Gasteiger charge is 2.32. The third-order valence-electron chi connectivity index (χ3n) is 9.46. The highest BCUT2D eigenvalue weighted by atomic mass is 16.6. The monoisotopic (exact) mass is 708 g/mol. The summed E-state index contributed by atoms with van der Waals surface area (Å²) < 4.78 is 29.1. The molecule has 0 atom stereocenters. The minimum atomic E-state index is -0.944. The number of nitrogens with zero attached hydrogens (tertiary/aromatic N) is 2. The molecule has 0 unspecified atom stereocenters. The van der Waals surface area contributed by atoms with Gasteiger partial charge in [0.25, 0.3) is 0 Å². The van der Waals surface area contributed by atoms with Crippen LogP contribution < -0.4 is 0 Å². The average Bonchev–Trinajstić information content (AvgIpc) is 3.07. The molecule has 10 heteroatoms. The normalized spacial score (nSPS) is 19.4. The van der Waals surface area contributed by atoms with Gasteiger partial charge in [-0.2, -0.15) is 0 Å². The predicted molar refractivity (Wildman–Crippen MR) is 199 cm³/mol. The Kier molecular flexibility index (Phi) is 16.0. The molecule has 2 aromatic carbocycles. The Morgan fingerprint density at radius 1 is 0.804 bits per heavy atom. The second-order valence-corrected chi connectivity index (χ2v) is 14.9. The molecule has 0 bridgehead atoms. The molecule has 0 radical (unpaired) electrons. The van der Waals surface area contributed by atoms with Crippen LogP contribution in [0, 0.1) is 26.7 Å². The third-order valence-corrected chi connectivity index (χ3v) is 9.46. The molecule has 1 N–H and O–H groups in total. The van der Waals surface area contributed by atoms with Gasteiger partial charge in [0.1, 0.15) is 30.1 Å². The van der Waals surface area contributed by atoms with Crippen molar-refractivity contribution in [3.63, 3.8) is 0 Å². The highest BCUT2D eigenvalue weighted by Crippen LogP contribution is 2.38. The first-order valence-electron chi connectivity index (χ1n) is 18.6. The topological polar surface area (TPSA) is 107 Å². The molecule has 2 aliphatic rings. The van der Waals surface area contributed by atoms with E-state index in [0.29, 0.717) is 44.4 Å². The number of carboxylic acid groups (broad SMARTS) is 1. The van der Waals surface area contributed by atoms with Crippen molar-refractivity contribution in [2.24, 2.45) is 5.92 Å². The zero-order chi connectivity index (χ0) is 36.8. The van der Waals surface area contributed by atoms with Crippen molar-refractivity contribution in [1.82, 2.24) is 9.80 Å². The molecule has 0 aromatic heterocycles. The average molecular weight is 709 g/mol. The van der Waals surface area contributed by atoms with Crippen molar-refractivity contribution in [3.05, 3.63) is 76.0 Å². The maximum absolute atomic E-state index is 12.9. The Morgan fingerprint density at radius 3 is 1.98 bits per heavy atom. The van der Waals surface area contributed by atoms with E-state index in [-0.39, 0.29) is 24.6 Å². The summed E-state index contributed by atoms with van der Waals surface area (Å²) in [5.74, 6) is -0.697. The van der Waals surface area contributed by atoms with Gasteiger partial charge in [0.05, 0.1) is 32.5 Å². The van der Waals surface area contributed by atoms with Crippen molar-refractivity contribution in [1.29, 1.82) is 0 Å². The molecule has 10 nitrogen and oxygen atoms in total. The van der Waals surface area contributed by atoms with E-state index in [0.717, 1.165) is 92.8 Å². The first kappa shape index (κ1) is 40.5. The van der Waals surface area contributed by atoms with Gasteiger partial charge in [-0.25, -0.2) is 9.59 Å². The molecule has 0 amide bonds. The molecule has 2 aromatic rings. The fourth-order valence-corrected chi connectivity index (χ4v) is 7.06. The Morgan fingerprint density at radius 2 is 1.39 bits per heavy atom. The summed E-state index contributed by atoms with van der Waals surface area (Å²) in [7, 11) is 0. The van der Waals surface area contributed by atoms with Gasteiger partial charge in [0, 0.05) is 45.2 Å². The molecule has 2 fully saturated rings. The number of allylic oxidation sites excluding steroid dienone is 1. The van der Waals surface area contributed by atoms with Crippen molar-refractivity contribution >= 4 is 17.5 Å². The van der Waals surface area contributed by atoms with Crippen LogP contribution in [0.15, 0.2) is 48.2 Å². The molecule has 4 rings (SSSR count). The summed E-state index contributed by atoms with van der Waals surface area (Å²) >= 11 is 0. The summed E-state index contributed by atoms with van der Waals surface area (Å²) in [5, 5.41) is 10.6. The number of carbonyl (C=O) groups excluding carboxylic acids is 1. The minimum absolute atomic E-state index is 0.0154. The summed E-state index contributed by atoms with van der Waals surface area (Å²) in [6.07, 6.45) is 3.57. The van der Waals surface area contributed by atoms with E-state index >= 15 is 0 Å². The van der Waals surface area contributed by atoms with Crippen molar-refractivity contribution in [3.8, 4) is 0 Å². The van der Waals surface area contributed by atoms with Crippen molar-refractivity contribution in [2.75, 3.05) is 72.3 Å². The first-order chi connectivity index (χ1) is 24.4. The van der Waals surface area contributed by atoms with Gasteiger partial charge in [-0.3, -0.25) is 9.80 Å². The number of aryl methyl sites for hydroxylation is 3. The number of piperazine rings is 1. The van der Waals surface area contributed by atoms with Crippen LogP contribution in [-0.4, -0.2) is 111 Å². The third kappa shape index (κ3) is 13.7. The molecular weight excluding hydrogens is 648 g/mol. The SMILES string of the molecule is Cc1cc(C)c(/C(C(=O)O)=C(\OCc2ccccc2)C2CCC(OCCN3CCN(CCOCCOCC(=O)OC(C)(C)C)CC3)CC2)c(C)c1. The maximum Gasteiger partial charge on any atom is 0.339 e. The van der Waals surface area contributed by atoms with Crippen LogP contribution in [0.3, 0.4) is 0 Å². The molecular formula is C41H60N2O8. The number of carbonyl (C=O) groups is 2. The van der Waals surface area contributed by atoms with E-state index in [2.05, 4.69) is 21.9 Å². The van der Waals surface area contributed by atoms with Crippen LogP contribution in [0.1, 0.15) is 74.3 Å². The van der Waals surface area contributed by atoms with Gasteiger partial charge in [-0.05, 0) is 89.5 Å². The Bertz CT molecular complexity index is 1400. The Balaban J connectivity index is 1.19. The number of hydrogen-bond acceptors (Lipinski definition) is 9. The van der Waals surface area contributed by atoms with Gasteiger partial charge in [0.15, 0.2) is 0 Å². The smallest absolute Gasteiger partial charge is 0.339 e. The van der Waals surface area contributed by atoms with Crippen LogP contribution >= 0.6 is 0 Å². The number of ether oxygens (including phenoxy) is 5. The van der Waals surface area contributed by atoms with Crippen LogP contribution in [-0.2, 0) is 39.9 Å². The molecule has 1 saturated carbocycles. The summed E-state index contributed by atoms with van der Waals surface area (Å²) in [6.45, 7) is 19.7. The first-order valence-corrected chi connectivity index (χ1v) is 18.6. The second kappa shape index (κ2) is 20.1. The van der Waals surface area contributed by atoms with E-state index in [9.17, 15) is 14.7 Å². The lowest BCUT2D eigenvalue weighted by Crippen LogP contribution is -2.48. The molecule has 1 aliphatic heterocycles. The molecule has 1 heterocycles. The van der Waals surface area contributed by atoms with Gasteiger partial charge >= 0.3 is 11.9 Å². The Labute approximate surface area is 305 Å².